The van der Waals surface area contributed by atoms with Crippen LogP contribution in [0, 0.1) is 0 Å². The van der Waals surface area contributed by atoms with Gasteiger partial charge in [0, 0.05) is 0 Å². The van der Waals surface area contributed by atoms with Gasteiger partial charge in [0.05, 0.1) is 16.5 Å². The van der Waals surface area contributed by atoms with Crippen LogP contribution in [-0.4, -0.2) is 42.8 Å². The molecule has 2 aliphatic rings. The summed E-state index contributed by atoms with van der Waals surface area (Å²) in [4.78, 5) is 23.3. The van der Waals surface area contributed by atoms with Gasteiger partial charge >= 0.3 is 57.4 Å². The molecule has 1 amide bonds. The summed E-state index contributed by atoms with van der Waals surface area (Å²) in [6.07, 6.45) is 0.323. The van der Waals surface area contributed by atoms with E-state index in [9.17, 15) is 14.7 Å². The first kappa shape index (κ1) is 13.9. The van der Waals surface area contributed by atoms with Crippen LogP contribution < -0.4 is 51.4 Å². The Morgan fingerprint density at radius 1 is 1.67 bits per heavy atom. The minimum atomic E-state index is -2.06. The van der Waals surface area contributed by atoms with E-state index in [1.807, 2.05) is 0 Å². The van der Waals surface area contributed by atoms with E-state index in [-0.39, 0.29) is 64.1 Å². The molecule has 0 aromatic rings. The van der Waals surface area contributed by atoms with Crippen molar-refractivity contribution in [1.82, 2.24) is 4.90 Å². The zero-order valence-corrected chi connectivity index (χ0v) is 12.8. The summed E-state index contributed by atoms with van der Waals surface area (Å²) in [5, 5.41) is 18.9. The Bertz CT molecular complexity index is 340. The molecule has 2 fully saturated rings. The largest absolute Gasteiger partial charge is 1.00 e. The summed E-state index contributed by atoms with van der Waals surface area (Å²) >= 11 is 1.33. The van der Waals surface area contributed by atoms with Crippen molar-refractivity contribution < 1.29 is 72.6 Å². The van der Waals surface area contributed by atoms with Gasteiger partial charge in [0.15, 0.2) is 0 Å². The summed E-state index contributed by atoms with van der Waals surface area (Å²) in [6, 6.07) is 0. The number of aliphatic carboxylic acids is 1. The fourth-order valence-corrected chi connectivity index (χ4v) is 3.57. The number of carboxylic acid groups (broad SMARTS) is 1. The minimum Gasteiger partial charge on any atom is -1.00 e. The number of hydrogen-bond acceptors (Lipinski definition) is 4. The number of nitrogens with zero attached hydrogens (tertiary/aromatic N) is 1. The molecule has 2 aliphatic heterocycles. The maximum Gasteiger partial charge on any atom is 1.00 e. The van der Waals surface area contributed by atoms with E-state index in [1.165, 1.54) is 11.8 Å². The van der Waals surface area contributed by atoms with E-state index >= 15 is 0 Å². The van der Waals surface area contributed by atoms with Gasteiger partial charge in [0.2, 0.25) is 5.91 Å². The van der Waals surface area contributed by atoms with Crippen molar-refractivity contribution in [3.8, 4) is 0 Å². The molecule has 80 valence electrons. The Morgan fingerprint density at radius 3 is 2.53 bits per heavy atom. The Morgan fingerprint density at radius 2 is 2.20 bits per heavy atom. The van der Waals surface area contributed by atoms with Crippen LogP contribution in [0.2, 0.25) is 0 Å². The molecular weight excluding hydrogens is 245 g/mol. The van der Waals surface area contributed by atoms with Gasteiger partial charge in [0.1, 0.15) is 0 Å². The molecule has 0 radical (unpaired) electrons. The summed E-state index contributed by atoms with van der Waals surface area (Å²) in [5.74, 6) is -1.65. The number of rotatable bonds is 1. The van der Waals surface area contributed by atoms with Gasteiger partial charge in [-0.15, -0.1) is 11.8 Å². The molecule has 2 saturated heterocycles. The van der Waals surface area contributed by atoms with Gasteiger partial charge in [-0.05, 0) is 13.8 Å². The quantitative estimate of drug-likeness (QED) is 0.386. The summed E-state index contributed by atoms with van der Waals surface area (Å²) < 4.78 is -0.865. The Balaban J connectivity index is 0.00000112. The molecule has 0 aromatic carbocycles. The van der Waals surface area contributed by atoms with E-state index in [0.717, 1.165) is 4.90 Å². The second-order valence-electron chi connectivity index (χ2n) is 4.03. The molecule has 2 atom stereocenters. The Kier molecular flexibility index (Phi) is 3.69. The second-order valence-corrected chi connectivity index (χ2v) is 5.83. The van der Waals surface area contributed by atoms with Crippen LogP contribution in [0.5, 0.6) is 0 Å². The topological polar surface area (TPSA) is 77.8 Å². The van der Waals surface area contributed by atoms with Gasteiger partial charge < -0.3 is 11.6 Å². The molecule has 0 aromatic heterocycles. The van der Waals surface area contributed by atoms with Crippen LogP contribution >= 0.6 is 11.8 Å². The standard InChI is InChI=1S/C8H11NO4S.K.H/c1-7(2)8(13,6(11)12)9-4(10)3-5(9)14-7;;/h5,13H,3H2,1-2H3,(H,11,12);;/q;+1;-1/t5-,8+;;/m1../s1. The number of carbonyl (C=O) groups is 2. The summed E-state index contributed by atoms with van der Waals surface area (Å²) in [5.41, 5.74) is -2.06. The molecule has 0 spiro atoms. The zero-order valence-electron chi connectivity index (χ0n) is 9.85. The predicted molar refractivity (Wildman–Crippen MR) is 50.6 cm³/mol. The summed E-state index contributed by atoms with van der Waals surface area (Å²) in [6.45, 7) is 3.27. The molecule has 5 nitrogen and oxygen atoms in total. The van der Waals surface area contributed by atoms with Crippen LogP contribution in [0.1, 0.15) is 21.7 Å². The van der Waals surface area contributed by atoms with Gasteiger partial charge in [0.25, 0.3) is 5.72 Å². The number of thioether (sulfide) groups is 1. The molecule has 2 heterocycles. The van der Waals surface area contributed by atoms with Crippen molar-refractivity contribution >= 4 is 23.6 Å². The van der Waals surface area contributed by atoms with Gasteiger partial charge in [-0.25, -0.2) is 4.79 Å². The second kappa shape index (κ2) is 3.97. The fraction of sp³-hybridized carbons (Fsp3) is 0.750. The predicted octanol–water partition coefficient (Wildman–Crippen LogP) is -3.04. The number of fused-ring (bicyclic) bond motifs is 1. The Labute approximate surface area is 135 Å². The molecule has 15 heavy (non-hydrogen) atoms. The van der Waals surface area contributed by atoms with E-state index in [2.05, 4.69) is 0 Å². The third-order valence-corrected chi connectivity index (χ3v) is 4.35. The number of β-lactam (4-membered cyclic amide) rings is 1. The average Bonchev–Trinajstić information content (AvgIpc) is 2.16. The first-order valence-electron chi connectivity index (χ1n) is 4.26. The van der Waals surface area contributed by atoms with Crippen molar-refractivity contribution in [1.29, 1.82) is 0 Å². The van der Waals surface area contributed by atoms with E-state index in [4.69, 9.17) is 5.11 Å². The van der Waals surface area contributed by atoms with Crippen LogP contribution in [0.4, 0.5) is 0 Å². The van der Waals surface area contributed by atoms with Crippen LogP contribution in [0.3, 0.4) is 0 Å². The summed E-state index contributed by atoms with van der Waals surface area (Å²) in [7, 11) is 0. The van der Waals surface area contributed by atoms with Gasteiger partial charge in [-0.2, -0.15) is 0 Å². The molecule has 0 unspecified atom stereocenters. The maximum absolute atomic E-state index is 11.2. The van der Waals surface area contributed by atoms with E-state index < -0.39 is 16.4 Å². The smallest absolute Gasteiger partial charge is 1.00 e. The molecule has 0 saturated carbocycles. The van der Waals surface area contributed by atoms with Crippen molar-refractivity contribution in [2.45, 2.75) is 36.1 Å². The SMILES string of the molecule is CC1(C)S[C@@H]2CC(=O)N2[C@]1(O)C(=O)O.[H-].[K+]. The number of carboxylic acids is 1. The van der Waals surface area contributed by atoms with Crippen LogP contribution in [0.25, 0.3) is 0 Å². The maximum atomic E-state index is 11.2. The number of amides is 1. The van der Waals surface area contributed by atoms with Crippen molar-refractivity contribution in [2.75, 3.05) is 0 Å². The van der Waals surface area contributed by atoms with E-state index in [0.29, 0.717) is 6.42 Å². The normalized spacial score (nSPS) is 36.6. The van der Waals surface area contributed by atoms with Gasteiger partial charge in [-0.1, -0.05) is 0 Å². The minimum absolute atomic E-state index is 0. The number of carbonyl (C=O) groups excluding carboxylic acids is 1. The average molecular weight is 257 g/mol. The first-order chi connectivity index (χ1) is 6.30. The molecular formula is C8H12KNO4S. The Hall–Kier alpha value is 0.886. The van der Waals surface area contributed by atoms with Crippen LogP contribution in [0.15, 0.2) is 0 Å². The number of aliphatic hydroxyl groups is 1. The van der Waals surface area contributed by atoms with E-state index in [1.54, 1.807) is 13.8 Å². The third kappa shape index (κ3) is 1.63. The monoisotopic (exact) mass is 257 g/mol. The van der Waals surface area contributed by atoms with Crippen molar-refractivity contribution in [2.24, 2.45) is 0 Å². The number of hydrogen-bond donors (Lipinski definition) is 2. The first-order valence-corrected chi connectivity index (χ1v) is 5.14. The van der Waals surface area contributed by atoms with Crippen molar-refractivity contribution in [3.05, 3.63) is 0 Å². The van der Waals surface area contributed by atoms with Crippen molar-refractivity contribution in [3.63, 3.8) is 0 Å². The molecule has 2 N–H and O–H groups in total. The zero-order chi connectivity index (χ0) is 10.7. The fourth-order valence-electron chi connectivity index (χ4n) is 1.94. The van der Waals surface area contributed by atoms with Crippen LogP contribution in [-0.2, 0) is 9.59 Å². The molecule has 0 aliphatic carbocycles. The molecule has 7 heteroatoms. The molecule has 2 rings (SSSR count). The third-order valence-electron chi connectivity index (χ3n) is 2.82. The molecule has 0 bridgehead atoms. The van der Waals surface area contributed by atoms with Gasteiger partial charge in [-0.3, -0.25) is 9.69 Å².